The summed E-state index contributed by atoms with van der Waals surface area (Å²) in [6, 6.07) is 20.0. The van der Waals surface area contributed by atoms with Crippen molar-refractivity contribution in [1.29, 1.82) is 0 Å². The van der Waals surface area contributed by atoms with Gasteiger partial charge >= 0.3 is 0 Å². The van der Waals surface area contributed by atoms with Gasteiger partial charge in [0.05, 0.1) is 45.7 Å². The first-order valence-electron chi connectivity index (χ1n) is 27.5. The number of ether oxygens (including phenoxy) is 10. The summed E-state index contributed by atoms with van der Waals surface area (Å²) in [6.07, 6.45) is 14.4. The molecule has 0 heterocycles. The molecule has 10 nitrogen and oxygen atoms in total. The minimum atomic E-state index is 0.214. The summed E-state index contributed by atoms with van der Waals surface area (Å²) in [4.78, 5) is 0. The van der Waals surface area contributed by atoms with Gasteiger partial charge in [-0.25, -0.2) is 0 Å². The first-order valence-corrected chi connectivity index (χ1v) is 33.8. The first kappa shape index (κ1) is 80.9. The summed E-state index contributed by atoms with van der Waals surface area (Å²) in [5, 5.41) is 0. The fraction of sp³-hybridized carbons (Fsp3) is 0.394. The van der Waals surface area contributed by atoms with E-state index in [1.165, 1.54) is 16.7 Å². The van der Waals surface area contributed by atoms with Gasteiger partial charge in [0.25, 0.3) is 0 Å². The first-order chi connectivity index (χ1) is 40.9. The Kier molecular flexibility index (Phi) is 43.2. The number of benzene rings is 5. The second-order valence-corrected chi connectivity index (χ2v) is 28.5. The minimum Gasteiger partial charge on any atom is -0.496 e. The van der Waals surface area contributed by atoms with E-state index >= 15 is 0 Å². The van der Waals surface area contributed by atoms with Gasteiger partial charge < -0.3 is 47.4 Å². The smallest absolute Gasteiger partial charge is 0.125 e. The summed E-state index contributed by atoms with van der Waals surface area (Å²) < 4.78 is 58.1. The van der Waals surface area contributed by atoms with Crippen LogP contribution in [0.15, 0.2) is 110 Å². The average molecular weight is 1660 g/mol. The van der Waals surface area contributed by atoms with Crippen LogP contribution in [0.5, 0.6) is 57.5 Å². The highest BCUT2D eigenvalue weighted by Gasteiger charge is 2.13. The lowest BCUT2D eigenvalue weighted by atomic mass is 10.0. The predicted molar refractivity (Wildman–Crippen MR) is 385 cm³/mol. The lowest BCUT2D eigenvalue weighted by molar-refractivity contribution is 0.358. The molecule has 20 heteroatoms. The van der Waals surface area contributed by atoms with Crippen LogP contribution >= 0.6 is 142 Å². The second-order valence-electron chi connectivity index (χ2n) is 18.2. The van der Waals surface area contributed by atoms with E-state index < -0.39 is 0 Å². The maximum atomic E-state index is 5.71. The summed E-state index contributed by atoms with van der Waals surface area (Å²) in [5.41, 5.74) is 11.3. The molecule has 5 aromatic rings. The molecule has 0 unspecified atom stereocenters. The Labute approximate surface area is 583 Å². The maximum absolute atomic E-state index is 5.71. The van der Waals surface area contributed by atoms with Crippen molar-refractivity contribution in [3.05, 3.63) is 166 Å². The second kappa shape index (κ2) is 46.0. The van der Waals surface area contributed by atoms with Crippen LogP contribution in [-0.2, 0) is 38.5 Å². The van der Waals surface area contributed by atoms with Crippen LogP contribution in [0.25, 0.3) is 0 Å². The van der Waals surface area contributed by atoms with E-state index in [4.69, 9.17) is 93.8 Å². The van der Waals surface area contributed by atoms with Gasteiger partial charge in [0.2, 0.25) is 0 Å². The van der Waals surface area contributed by atoms with E-state index in [2.05, 4.69) is 137 Å². The van der Waals surface area contributed by atoms with Crippen molar-refractivity contribution in [1.82, 2.24) is 0 Å². The van der Waals surface area contributed by atoms with Crippen LogP contribution in [0.4, 0.5) is 0 Å². The molecule has 476 valence electrons. The van der Waals surface area contributed by atoms with Gasteiger partial charge in [-0.05, 0) is 308 Å². The number of aryl methyl sites for hydroxylation is 10. The van der Waals surface area contributed by atoms with E-state index in [-0.39, 0.29) is 8.98 Å². The molecular weight excluding hydrogens is 1570 g/mol. The molecule has 0 saturated heterocycles. The highest BCUT2D eigenvalue weighted by molar-refractivity contribution is 9.29. The normalized spacial score (nSPS) is 9.97. The van der Waals surface area contributed by atoms with Crippen molar-refractivity contribution >= 4 is 142 Å². The third-order valence-corrected chi connectivity index (χ3v) is 14.8. The van der Waals surface area contributed by atoms with Crippen LogP contribution < -0.4 is 47.4 Å². The minimum absolute atomic E-state index is 0.214. The van der Waals surface area contributed by atoms with Gasteiger partial charge in [-0.1, -0.05) is 87.9 Å². The maximum Gasteiger partial charge on any atom is 0.125 e. The van der Waals surface area contributed by atoms with Gasteiger partial charge in [-0.15, -0.1) is 0 Å². The molecule has 5 rings (SSSR count). The average Bonchev–Trinajstić information content (AvgIpc) is 3.15. The Bertz CT molecular complexity index is 2770. The van der Waals surface area contributed by atoms with Gasteiger partial charge in [0.1, 0.15) is 99.5 Å². The standard InChI is InChI=1S/C14H18Br2O2.C14H18Cl2O2.C13H16Br2O2.C13H16Cl2O2.C12H14Br2O2/c2*1-4-10-8-12(18-7-6-13(15)16)9-11(5-2)14(10)17-3;2*1-4-10-8-11(17-6-5-12(14)15)7-9(2)13(10)16-3;1-8-6-10(16-5-4-11(13)14)7-9(2)12(8)15-3/h2*6,8-9H,4-5,7H2,1-3H3;2*5,7-8H,4,6H2,1-3H3;4,6-7H,5H2,1-3H3. The zero-order valence-electron chi connectivity index (χ0n) is 51.8. The fourth-order valence-electron chi connectivity index (χ4n) is 8.40. The number of hydrogen-bond acceptors (Lipinski definition) is 10. The number of halogens is 10. The molecule has 5 aromatic carbocycles. The number of rotatable bonds is 26. The fourth-order valence-corrected chi connectivity index (χ4v) is 9.45. The van der Waals surface area contributed by atoms with Crippen LogP contribution in [0.1, 0.15) is 97.2 Å². The number of methoxy groups -OCH3 is 5. The van der Waals surface area contributed by atoms with Gasteiger partial charge in [-0.2, -0.15) is 0 Å². The van der Waals surface area contributed by atoms with Gasteiger partial charge in [-0.3, -0.25) is 0 Å². The molecule has 86 heavy (non-hydrogen) atoms. The Balaban J connectivity index is 0.000000538. The quantitative estimate of drug-likeness (QED) is 0.0533. The predicted octanol–water partition coefficient (Wildman–Crippen LogP) is 22.5. The van der Waals surface area contributed by atoms with Crippen molar-refractivity contribution in [3.63, 3.8) is 0 Å². The zero-order valence-corrected chi connectivity index (χ0v) is 64.3. The van der Waals surface area contributed by atoms with E-state index in [1.807, 2.05) is 107 Å². The molecule has 0 amide bonds. The molecule has 0 aliphatic heterocycles. The lowest BCUT2D eigenvalue weighted by Gasteiger charge is -2.14. The molecule has 0 spiro atoms. The molecule has 0 aliphatic carbocycles. The van der Waals surface area contributed by atoms with Crippen LogP contribution in [0.3, 0.4) is 0 Å². The third-order valence-electron chi connectivity index (χ3n) is 12.3. The Morgan fingerprint density at radius 2 is 0.488 bits per heavy atom. The molecule has 0 bridgehead atoms. The molecule has 0 saturated carbocycles. The topological polar surface area (TPSA) is 92.3 Å². The zero-order chi connectivity index (χ0) is 64.9. The highest BCUT2D eigenvalue weighted by Crippen LogP contribution is 2.34. The molecule has 0 N–H and O–H groups in total. The Morgan fingerprint density at radius 1 is 0.302 bits per heavy atom. The third kappa shape index (κ3) is 31.0. The van der Waals surface area contributed by atoms with Crippen LogP contribution in [0, 0.1) is 27.7 Å². The summed E-state index contributed by atoms with van der Waals surface area (Å²) in [5.74, 6) is 8.98. The van der Waals surface area contributed by atoms with E-state index in [0.717, 1.165) is 145 Å². The molecule has 0 fully saturated rings. The summed E-state index contributed by atoms with van der Waals surface area (Å²) in [7, 11) is 8.48. The van der Waals surface area contributed by atoms with Gasteiger partial charge in [0.15, 0.2) is 0 Å². The monoisotopic (exact) mass is 1650 g/mol. The molecular formula is C66H82Br6Cl4O10. The van der Waals surface area contributed by atoms with Crippen molar-refractivity contribution in [2.45, 2.75) is 108 Å². The van der Waals surface area contributed by atoms with Gasteiger partial charge in [0, 0.05) is 0 Å². The summed E-state index contributed by atoms with van der Waals surface area (Å²) in [6.45, 7) is 23.0. The van der Waals surface area contributed by atoms with E-state index in [0.29, 0.717) is 33.0 Å². The Morgan fingerprint density at radius 3 is 0.686 bits per heavy atom. The van der Waals surface area contributed by atoms with E-state index in [9.17, 15) is 0 Å². The van der Waals surface area contributed by atoms with Crippen LogP contribution in [-0.4, -0.2) is 68.6 Å². The van der Waals surface area contributed by atoms with Crippen LogP contribution in [0.2, 0.25) is 0 Å². The van der Waals surface area contributed by atoms with Crippen molar-refractivity contribution in [2.24, 2.45) is 0 Å². The van der Waals surface area contributed by atoms with E-state index in [1.54, 1.807) is 47.7 Å². The largest absolute Gasteiger partial charge is 0.496 e. The van der Waals surface area contributed by atoms with Crippen molar-refractivity contribution in [2.75, 3.05) is 68.6 Å². The van der Waals surface area contributed by atoms with Crippen molar-refractivity contribution < 1.29 is 47.4 Å². The molecule has 0 aromatic heterocycles. The summed E-state index contributed by atoms with van der Waals surface area (Å²) >= 11 is 41.8. The molecule has 0 atom stereocenters. The Hall–Kier alpha value is -3.16. The number of hydrogen-bond donors (Lipinski definition) is 0. The van der Waals surface area contributed by atoms with Crippen molar-refractivity contribution in [3.8, 4) is 57.5 Å². The highest BCUT2D eigenvalue weighted by atomic mass is 79.9. The molecule has 0 radical (unpaired) electrons. The SMILES string of the molecule is CCc1cc(OCC=C(Br)Br)cc(C)c1OC.CCc1cc(OCC=C(Br)Br)cc(CC)c1OC.CCc1cc(OCC=C(Cl)Cl)cc(C)c1OC.CCc1cc(OCC=C(Cl)Cl)cc(CC)c1OC.COc1c(C)cc(OCC=C(Br)Br)cc1C. The molecule has 0 aliphatic rings. The lowest BCUT2D eigenvalue weighted by Crippen LogP contribution is -2.00.